The van der Waals surface area contributed by atoms with Gasteiger partial charge in [-0.1, -0.05) is 70.2 Å². The van der Waals surface area contributed by atoms with Crippen LogP contribution in [-0.2, 0) is 11.8 Å². The second-order valence-corrected chi connectivity index (χ2v) is 7.22. The predicted octanol–water partition coefficient (Wildman–Crippen LogP) is 3.49. The van der Waals surface area contributed by atoms with Crippen LogP contribution in [0.4, 0.5) is 0 Å². The monoisotopic (exact) mass is 429 g/mol. The number of halogens is 1. The van der Waals surface area contributed by atoms with E-state index in [1.807, 2.05) is 66.2 Å². The molecule has 0 saturated heterocycles. The van der Waals surface area contributed by atoms with Gasteiger partial charge in [-0.3, -0.25) is 4.79 Å². The number of carbonyl (C=O) groups excluding carboxylic acids is 1. The topological polar surface area (TPSA) is 72.2 Å². The van der Waals surface area contributed by atoms with Crippen LogP contribution < -0.4 is 5.43 Å². The Balaban J connectivity index is 1.55. The van der Waals surface area contributed by atoms with Crippen LogP contribution in [0.3, 0.4) is 0 Å². The van der Waals surface area contributed by atoms with Crippen LogP contribution in [0.15, 0.2) is 69.3 Å². The van der Waals surface area contributed by atoms with E-state index < -0.39 is 0 Å². The molecule has 0 aliphatic carbocycles. The largest absolute Gasteiger partial charge is 0.305 e. The molecule has 0 aliphatic rings. The van der Waals surface area contributed by atoms with Crippen molar-refractivity contribution in [2.45, 2.75) is 5.16 Å². The van der Waals surface area contributed by atoms with Crippen molar-refractivity contribution in [3.05, 3.63) is 64.6 Å². The van der Waals surface area contributed by atoms with Gasteiger partial charge in [0.25, 0.3) is 5.91 Å². The van der Waals surface area contributed by atoms with Gasteiger partial charge in [0, 0.05) is 17.1 Å². The van der Waals surface area contributed by atoms with Crippen LogP contribution >= 0.6 is 27.7 Å². The molecule has 3 aromatic rings. The molecule has 1 N–H and O–H groups in total. The van der Waals surface area contributed by atoms with Gasteiger partial charge in [-0.15, -0.1) is 10.2 Å². The highest BCUT2D eigenvalue weighted by Crippen LogP contribution is 2.23. The molecular weight excluding hydrogens is 414 g/mol. The van der Waals surface area contributed by atoms with Crippen molar-refractivity contribution in [1.82, 2.24) is 20.2 Å². The fourth-order valence-corrected chi connectivity index (χ4v) is 3.14. The summed E-state index contributed by atoms with van der Waals surface area (Å²) < 4.78 is 2.87. The average Bonchev–Trinajstić information content (AvgIpc) is 3.02. The van der Waals surface area contributed by atoms with Crippen LogP contribution in [-0.4, -0.2) is 32.6 Å². The molecule has 0 unspecified atom stereocenters. The molecule has 1 aromatic heterocycles. The molecule has 0 spiro atoms. The fraction of sp³-hybridized carbons (Fsp3) is 0.111. The molecule has 132 valence electrons. The summed E-state index contributed by atoms with van der Waals surface area (Å²) in [6, 6.07) is 17.4. The fourth-order valence-electron chi connectivity index (χ4n) is 2.17. The van der Waals surface area contributed by atoms with E-state index in [1.165, 1.54) is 11.8 Å². The summed E-state index contributed by atoms with van der Waals surface area (Å²) >= 11 is 4.73. The van der Waals surface area contributed by atoms with Gasteiger partial charge in [0.05, 0.1) is 12.0 Å². The Morgan fingerprint density at radius 1 is 1.19 bits per heavy atom. The van der Waals surface area contributed by atoms with E-state index in [9.17, 15) is 4.79 Å². The number of hydrazone groups is 1. The van der Waals surface area contributed by atoms with Crippen molar-refractivity contribution in [3.8, 4) is 11.4 Å². The first-order valence-electron chi connectivity index (χ1n) is 7.78. The molecule has 6 nitrogen and oxygen atoms in total. The first-order valence-corrected chi connectivity index (χ1v) is 9.56. The Morgan fingerprint density at radius 3 is 2.65 bits per heavy atom. The minimum Gasteiger partial charge on any atom is -0.305 e. The van der Waals surface area contributed by atoms with Crippen LogP contribution in [0.1, 0.15) is 5.56 Å². The number of nitrogens with zero attached hydrogens (tertiary/aromatic N) is 4. The van der Waals surface area contributed by atoms with Crippen LogP contribution in [0.2, 0.25) is 0 Å². The summed E-state index contributed by atoms with van der Waals surface area (Å²) in [4.78, 5) is 11.9. The Hall–Kier alpha value is -2.45. The first kappa shape index (κ1) is 18.3. The second kappa shape index (κ2) is 8.77. The third-order valence-corrected chi connectivity index (χ3v) is 5.02. The molecule has 2 aromatic carbocycles. The maximum atomic E-state index is 11.9. The number of hydrogen-bond acceptors (Lipinski definition) is 5. The first-order chi connectivity index (χ1) is 12.6. The molecule has 26 heavy (non-hydrogen) atoms. The summed E-state index contributed by atoms with van der Waals surface area (Å²) in [6.45, 7) is 0. The normalized spacial score (nSPS) is 11.0. The number of thioether (sulfide) groups is 1. The zero-order valence-corrected chi connectivity index (χ0v) is 16.4. The van der Waals surface area contributed by atoms with Crippen LogP contribution in [0.5, 0.6) is 0 Å². The molecule has 3 rings (SSSR count). The smallest absolute Gasteiger partial charge is 0.250 e. The number of rotatable bonds is 6. The highest BCUT2D eigenvalue weighted by atomic mass is 79.9. The van der Waals surface area contributed by atoms with Crippen molar-refractivity contribution in [2.75, 3.05) is 5.75 Å². The number of nitrogens with one attached hydrogen (secondary N) is 1. The Kier molecular flexibility index (Phi) is 6.19. The maximum Gasteiger partial charge on any atom is 0.250 e. The molecule has 0 saturated carbocycles. The third kappa shape index (κ3) is 4.80. The zero-order chi connectivity index (χ0) is 18.4. The molecule has 8 heteroatoms. The number of carbonyl (C=O) groups is 1. The zero-order valence-electron chi connectivity index (χ0n) is 14.0. The van der Waals surface area contributed by atoms with Crippen molar-refractivity contribution < 1.29 is 4.79 Å². The lowest BCUT2D eigenvalue weighted by atomic mass is 10.2. The maximum absolute atomic E-state index is 11.9. The molecular formula is C18H16BrN5OS. The third-order valence-electron chi connectivity index (χ3n) is 3.47. The SMILES string of the molecule is Cn1c(SCC(=O)N/N=C\c2ccccc2)nnc1-c1ccc(Br)cc1. The summed E-state index contributed by atoms with van der Waals surface area (Å²) in [6.07, 6.45) is 1.61. The van der Waals surface area contributed by atoms with Gasteiger partial charge < -0.3 is 4.57 Å². The second-order valence-electron chi connectivity index (χ2n) is 5.36. The standard InChI is InChI=1S/C18H16BrN5OS/c1-24-17(14-7-9-15(19)10-8-14)22-23-18(24)26-12-16(25)21-20-11-13-5-3-2-4-6-13/h2-11H,12H2,1H3,(H,21,25)/b20-11-. The molecule has 1 heterocycles. The highest BCUT2D eigenvalue weighted by molar-refractivity contribution is 9.10. The number of hydrogen-bond donors (Lipinski definition) is 1. The van der Waals surface area contributed by atoms with E-state index in [0.717, 1.165) is 21.4 Å². The Bertz CT molecular complexity index is 909. The molecule has 0 aliphatic heterocycles. The minimum absolute atomic E-state index is 0.199. The summed E-state index contributed by atoms with van der Waals surface area (Å²) in [5.41, 5.74) is 4.40. The van der Waals surface area contributed by atoms with Gasteiger partial charge in [-0.25, -0.2) is 5.43 Å². The van der Waals surface area contributed by atoms with Gasteiger partial charge in [-0.2, -0.15) is 5.10 Å². The molecule has 0 atom stereocenters. The van der Waals surface area contributed by atoms with Crippen molar-refractivity contribution in [3.63, 3.8) is 0 Å². The molecule has 0 bridgehead atoms. The van der Waals surface area contributed by atoms with Gasteiger partial charge in [-0.05, 0) is 17.7 Å². The number of amides is 1. The van der Waals surface area contributed by atoms with E-state index in [0.29, 0.717) is 5.16 Å². The van der Waals surface area contributed by atoms with Gasteiger partial charge in [0.15, 0.2) is 11.0 Å². The molecule has 0 fully saturated rings. The van der Waals surface area contributed by atoms with Crippen molar-refractivity contribution >= 4 is 39.8 Å². The van der Waals surface area contributed by atoms with Gasteiger partial charge in [0.2, 0.25) is 0 Å². The van der Waals surface area contributed by atoms with Crippen molar-refractivity contribution in [1.29, 1.82) is 0 Å². The van der Waals surface area contributed by atoms with Gasteiger partial charge >= 0.3 is 0 Å². The highest BCUT2D eigenvalue weighted by Gasteiger charge is 2.12. The van der Waals surface area contributed by atoms with Crippen LogP contribution in [0, 0.1) is 0 Å². The van der Waals surface area contributed by atoms with E-state index in [2.05, 4.69) is 36.7 Å². The lowest BCUT2D eigenvalue weighted by Crippen LogP contribution is -2.19. The molecule has 0 radical (unpaired) electrons. The van der Waals surface area contributed by atoms with E-state index in [-0.39, 0.29) is 11.7 Å². The molecule has 1 amide bonds. The van der Waals surface area contributed by atoms with Crippen molar-refractivity contribution in [2.24, 2.45) is 12.1 Å². The predicted molar refractivity (Wildman–Crippen MR) is 107 cm³/mol. The number of benzene rings is 2. The quantitative estimate of drug-likeness (QED) is 0.369. The van der Waals surface area contributed by atoms with Crippen LogP contribution in [0.25, 0.3) is 11.4 Å². The Morgan fingerprint density at radius 2 is 1.92 bits per heavy atom. The van der Waals surface area contributed by atoms with E-state index >= 15 is 0 Å². The van der Waals surface area contributed by atoms with E-state index in [4.69, 9.17) is 0 Å². The summed E-state index contributed by atoms with van der Waals surface area (Å²) in [5.74, 6) is 0.760. The van der Waals surface area contributed by atoms with E-state index in [1.54, 1.807) is 6.21 Å². The summed E-state index contributed by atoms with van der Waals surface area (Å²) in [7, 11) is 1.88. The number of aromatic nitrogens is 3. The average molecular weight is 430 g/mol. The lowest BCUT2D eigenvalue weighted by Gasteiger charge is -2.04. The summed E-state index contributed by atoms with van der Waals surface area (Å²) in [5, 5.41) is 13.0. The lowest BCUT2D eigenvalue weighted by molar-refractivity contribution is -0.118. The minimum atomic E-state index is -0.199. The Labute approximate surface area is 163 Å². The van der Waals surface area contributed by atoms with Gasteiger partial charge in [0.1, 0.15) is 0 Å².